The molecule has 0 radical (unpaired) electrons. The Morgan fingerprint density at radius 1 is 1.16 bits per heavy atom. The zero-order valence-corrected chi connectivity index (χ0v) is 25.0. The largest absolute Gasteiger partial charge is 0.479 e. The Balaban J connectivity index is 1.25. The van der Waals surface area contributed by atoms with E-state index in [1.54, 1.807) is 17.5 Å². The number of benzene rings is 2. The number of aliphatic carboxylic acids is 1. The SMILES string of the molecule is N#CCc1ccccc1-c1ccc(C[C@@](OC[C@H]2O[C@@H](n3cnc4c(N)nc(Cl)nc43)[C@H](O)[C@@H]2O)(C(=O)O)c2cscn2)cc1. The second-order valence-corrected chi connectivity index (χ2v) is 11.5. The molecule has 0 bridgehead atoms. The first-order valence-corrected chi connectivity index (χ1v) is 15.0. The van der Waals surface area contributed by atoms with Gasteiger partial charge in [-0.05, 0) is 33.9 Å². The summed E-state index contributed by atoms with van der Waals surface area (Å²) in [5.41, 5.74) is 9.38. The van der Waals surface area contributed by atoms with Crippen LogP contribution in [0.5, 0.6) is 0 Å². The molecule has 0 saturated carbocycles. The number of halogens is 1. The predicted octanol–water partition coefficient (Wildman–Crippen LogP) is 3.11. The lowest BCUT2D eigenvalue weighted by Gasteiger charge is -2.30. The number of carboxylic acid groups (broad SMARTS) is 1. The molecular formula is C30H26ClN7O6S. The molecule has 0 amide bonds. The Morgan fingerprint density at radius 2 is 1.93 bits per heavy atom. The molecule has 5 aromatic rings. The van der Waals surface area contributed by atoms with Gasteiger partial charge in [-0.1, -0.05) is 48.5 Å². The van der Waals surface area contributed by atoms with Gasteiger partial charge in [0.25, 0.3) is 0 Å². The average molecular weight is 648 g/mol. The van der Waals surface area contributed by atoms with E-state index in [4.69, 9.17) is 26.8 Å². The maximum Gasteiger partial charge on any atom is 0.342 e. The van der Waals surface area contributed by atoms with E-state index in [9.17, 15) is 25.4 Å². The summed E-state index contributed by atoms with van der Waals surface area (Å²) in [4.78, 5) is 29.4. The summed E-state index contributed by atoms with van der Waals surface area (Å²) < 4.78 is 13.5. The van der Waals surface area contributed by atoms with Crippen LogP contribution in [-0.2, 0) is 32.7 Å². The standard InChI is InChI=1S/C30H26ClN7O6S/c31-29-36-25(33)22-26(37-29)38(14-34-22)27-24(40)23(39)20(44-27)12-43-30(28(41)42,21-13-45-15-35-21)11-16-5-7-18(8-6-16)19-4-2-1-3-17(19)9-10-32/h1-8,13-15,20,23-24,27,39-40H,9,11-12H2,(H,41,42)(H2,33,36,37)/t20-,23-,24-,27-,30+/m1/s1. The molecule has 0 aliphatic carbocycles. The van der Waals surface area contributed by atoms with Gasteiger partial charge in [-0.15, -0.1) is 11.3 Å². The number of anilines is 1. The van der Waals surface area contributed by atoms with Crippen molar-refractivity contribution >= 4 is 45.9 Å². The normalized spacial score (nSPS) is 21.0. The molecule has 0 spiro atoms. The first-order chi connectivity index (χ1) is 21.7. The predicted molar refractivity (Wildman–Crippen MR) is 163 cm³/mol. The third kappa shape index (κ3) is 5.73. The highest BCUT2D eigenvalue weighted by molar-refractivity contribution is 7.07. The number of nitrogen functional groups attached to an aromatic ring is 1. The number of thiazole rings is 1. The van der Waals surface area contributed by atoms with Gasteiger partial charge in [0.15, 0.2) is 17.7 Å². The van der Waals surface area contributed by atoms with Gasteiger partial charge in [0, 0.05) is 11.8 Å². The topological polar surface area (TPSA) is 203 Å². The lowest BCUT2D eigenvalue weighted by Crippen LogP contribution is -2.44. The van der Waals surface area contributed by atoms with Crippen LogP contribution in [0, 0.1) is 11.3 Å². The Labute approximate surface area is 265 Å². The number of aromatic nitrogens is 5. The molecule has 15 heteroatoms. The highest BCUT2D eigenvalue weighted by Crippen LogP contribution is 2.36. The Hall–Kier alpha value is -4.49. The minimum Gasteiger partial charge on any atom is -0.479 e. The maximum atomic E-state index is 12.9. The second kappa shape index (κ2) is 12.5. The number of fused-ring (bicyclic) bond motifs is 1. The molecule has 1 aliphatic heterocycles. The first kappa shape index (κ1) is 30.5. The molecule has 1 aliphatic rings. The fraction of sp³-hybridized carbons (Fsp3) is 0.267. The van der Waals surface area contributed by atoms with Crippen molar-refractivity contribution in [1.82, 2.24) is 24.5 Å². The number of nitrogens with zero attached hydrogens (tertiary/aromatic N) is 6. The number of ether oxygens (including phenoxy) is 2. The van der Waals surface area contributed by atoms with Crippen LogP contribution in [0.4, 0.5) is 5.82 Å². The van der Waals surface area contributed by atoms with Gasteiger partial charge in [-0.2, -0.15) is 15.2 Å². The number of nitrogens with two attached hydrogens (primary N) is 1. The van der Waals surface area contributed by atoms with E-state index in [0.717, 1.165) is 16.7 Å². The van der Waals surface area contributed by atoms with Crippen molar-refractivity contribution in [3.05, 3.63) is 87.9 Å². The smallest absolute Gasteiger partial charge is 0.342 e. The minimum atomic E-state index is -1.94. The van der Waals surface area contributed by atoms with Crippen LogP contribution in [0.15, 0.2) is 65.7 Å². The van der Waals surface area contributed by atoms with Crippen molar-refractivity contribution in [3.63, 3.8) is 0 Å². The monoisotopic (exact) mass is 647 g/mol. The van der Waals surface area contributed by atoms with Gasteiger partial charge in [-0.3, -0.25) is 4.57 Å². The first-order valence-electron chi connectivity index (χ1n) is 13.7. The summed E-state index contributed by atoms with van der Waals surface area (Å²) in [5.74, 6) is -1.26. The summed E-state index contributed by atoms with van der Waals surface area (Å²) in [5, 5.41) is 43.0. The number of hydrogen-bond acceptors (Lipinski definition) is 12. The summed E-state index contributed by atoms with van der Waals surface area (Å²) >= 11 is 7.19. The van der Waals surface area contributed by atoms with Crippen LogP contribution in [-0.4, -0.2) is 70.7 Å². The molecule has 6 rings (SSSR count). The molecule has 13 nitrogen and oxygen atoms in total. The van der Waals surface area contributed by atoms with Crippen molar-refractivity contribution in [2.45, 2.75) is 43.0 Å². The van der Waals surface area contributed by atoms with Gasteiger partial charge >= 0.3 is 5.97 Å². The van der Waals surface area contributed by atoms with E-state index in [1.807, 2.05) is 36.4 Å². The van der Waals surface area contributed by atoms with Crippen LogP contribution in [0.25, 0.3) is 22.3 Å². The molecule has 230 valence electrons. The molecule has 45 heavy (non-hydrogen) atoms. The Kier molecular flexibility index (Phi) is 8.47. The molecule has 5 atom stereocenters. The van der Waals surface area contributed by atoms with Gasteiger partial charge in [0.2, 0.25) is 10.9 Å². The molecule has 0 unspecified atom stereocenters. The van der Waals surface area contributed by atoms with Gasteiger partial charge in [0.05, 0.1) is 36.6 Å². The van der Waals surface area contributed by atoms with E-state index in [-0.39, 0.29) is 40.8 Å². The number of hydrogen-bond donors (Lipinski definition) is 4. The maximum absolute atomic E-state index is 12.9. The van der Waals surface area contributed by atoms with Crippen molar-refractivity contribution < 1.29 is 29.6 Å². The zero-order chi connectivity index (χ0) is 31.7. The molecule has 2 aromatic carbocycles. The third-order valence-electron chi connectivity index (χ3n) is 7.72. The van der Waals surface area contributed by atoms with E-state index in [0.29, 0.717) is 5.56 Å². The van der Waals surface area contributed by atoms with Crippen molar-refractivity contribution in [2.24, 2.45) is 0 Å². The van der Waals surface area contributed by atoms with Crippen LogP contribution in [0.2, 0.25) is 5.28 Å². The van der Waals surface area contributed by atoms with Crippen molar-refractivity contribution in [2.75, 3.05) is 12.3 Å². The molecule has 4 heterocycles. The highest BCUT2D eigenvalue weighted by Gasteiger charge is 2.49. The fourth-order valence-corrected chi connectivity index (χ4v) is 6.21. The lowest BCUT2D eigenvalue weighted by molar-refractivity contribution is -0.177. The Bertz CT molecular complexity index is 1880. The summed E-state index contributed by atoms with van der Waals surface area (Å²) in [6, 6.07) is 17.1. The molecule has 1 saturated heterocycles. The van der Waals surface area contributed by atoms with Crippen LogP contribution in [0.1, 0.15) is 23.0 Å². The van der Waals surface area contributed by atoms with Gasteiger partial charge in [-0.25, -0.2) is 14.8 Å². The number of aliphatic hydroxyl groups is 2. The lowest BCUT2D eigenvalue weighted by atomic mass is 9.90. The quantitative estimate of drug-likeness (QED) is 0.162. The summed E-state index contributed by atoms with van der Waals surface area (Å²) in [6.45, 7) is -0.400. The summed E-state index contributed by atoms with van der Waals surface area (Å²) in [6.07, 6.45) is -3.68. The van der Waals surface area contributed by atoms with Crippen LogP contribution >= 0.6 is 22.9 Å². The van der Waals surface area contributed by atoms with E-state index in [1.165, 1.54) is 27.7 Å². The number of aliphatic hydroxyl groups excluding tert-OH is 2. The van der Waals surface area contributed by atoms with E-state index >= 15 is 0 Å². The molecule has 3 aromatic heterocycles. The molecule has 5 N–H and O–H groups in total. The third-order valence-corrected chi connectivity index (χ3v) is 8.48. The number of carbonyl (C=O) groups is 1. The van der Waals surface area contributed by atoms with Gasteiger partial charge in [0.1, 0.15) is 23.8 Å². The Morgan fingerprint density at radius 3 is 2.64 bits per heavy atom. The minimum absolute atomic E-state index is 0.0329. The average Bonchev–Trinajstić information content (AvgIpc) is 3.77. The highest BCUT2D eigenvalue weighted by atomic mass is 35.5. The van der Waals surface area contributed by atoms with Crippen LogP contribution < -0.4 is 5.73 Å². The molecule has 1 fully saturated rings. The number of carboxylic acids is 1. The number of imidazole rings is 1. The second-order valence-electron chi connectivity index (χ2n) is 10.4. The van der Waals surface area contributed by atoms with Crippen molar-refractivity contribution in [3.8, 4) is 17.2 Å². The summed E-state index contributed by atoms with van der Waals surface area (Å²) in [7, 11) is 0. The van der Waals surface area contributed by atoms with Crippen LogP contribution in [0.3, 0.4) is 0 Å². The van der Waals surface area contributed by atoms with Gasteiger partial charge < -0.3 is 30.5 Å². The zero-order valence-electron chi connectivity index (χ0n) is 23.4. The number of rotatable bonds is 10. The molecular weight excluding hydrogens is 622 g/mol. The number of nitriles is 1. The van der Waals surface area contributed by atoms with Crippen molar-refractivity contribution in [1.29, 1.82) is 5.26 Å². The van der Waals surface area contributed by atoms with E-state index in [2.05, 4.69) is 26.0 Å². The fourth-order valence-electron chi connectivity index (χ4n) is 5.42. The van der Waals surface area contributed by atoms with E-state index < -0.39 is 42.7 Å².